The van der Waals surface area contributed by atoms with Crippen LogP contribution in [0.25, 0.3) is 5.70 Å². The first-order valence-electron chi connectivity index (χ1n) is 9.06. The van der Waals surface area contributed by atoms with Crippen LogP contribution in [-0.4, -0.2) is 29.7 Å². The van der Waals surface area contributed by atoms with Crippen molar-refractivity contribution in [2.75, 3.05) is 18.4 Å². The highest BCUT2D eigenvalue weighted by molar-refractivity contribution is 6.45. The van der Waals surface area contributed by atoms with E-state index in [4.69, 9.17) is 0 Å². The summed E-state index contributed by atoms with van der Waals surface area (Å²) in [5.41, 5.74) is 1.60. The van der Waals surface area contributed by atoms with Crippen molar-refractivity contribution in [3.8, 4) is 6.07 Å². The molecule has 3 rings (SSSR count). The van der Waals surface area contributed by atoms with Crippen LogP contribution in [0, 0.1) is 11.3 Å². The van der Waals surface area contributed by atoms with Gasteiger partial charge in [0.15, 0.2) is 0 Å². The van der Waals surface area contributed by atoms with Crippen LogP contribution in [0.3, 0.4) is 0 Å². The average molecular weight is 359 g/mol. The summed E-state index contributed by atoms with van der Waals surface area (Å²) in [7, 11) is 0. The molecule has 0 spiro atoms. The van der Waals surface area contributed by atoms with Gasteiger partial charge in [-0.1, -0.05) is 48.5 Å². The monoisotopic (exact) mass is 359 g/mol. The molecule has 0 saturated carbocycles. The summed E-state index contributed by atoms with van der Waals surface area (Å²) < 4.78 is 0. The van der Waals surface area contributed by atoms with Crippen LogP contribution in [-0.2, 0) is 9.59 Å². The largest absolute Gasteiger partial charge is 0.354 e. The number of rotatable bonds is 5. The number of nitriles is 1. The Morgan fingerprint density at radius 1 is 0.889 bits per heavy atom. The molecule has 27 heavy (non-hydrogen) atoms. The molecule has 1 aliphatic heterocycles. The molecule has 2 aromatic rings. The van der Waals surface area contributed by atoms with Crippen molar-refractivity contribution in [2.45, 2.75) is 19.3 Å². The molecule has 0 atom stereocenters. The van der Waals surface area contributed by atoms with E-state index in [1.165, 1.54) is 0 Å². The van der Waals surface area contributed by atoms with Crippen molar-refractivity contribution in [1.82, 2.24) is 4.90 Å². The molecule has 0 bridgehead atoms. The topological polar surface area (TPSA) is 73.2 Å². The number of carbonyl (C=O) groups excluding carboxylic acids is 2. The Kier molecular flexibility index (Phi) is 6.01. The third-order valence-electron chi connectivity index (χ3n) is 4.53. The first kappa shape index (κ1) is 18.4. The number of Topliss-reactive ketones (excluding diaryl/α,β-unsaturated/α-hetero) is 1. The summed E-state index contributed by atoms with van der Waals surface area (Å²) >= 11 is 0. The van der Waals surface area contributed by atoms with E-state index in [2.05, 4.69) is 5.32 Å². The van der Waals surface area contributed by atoms with Crippen molar-refractivity contribution < 1.29 is 9.59 Å². The number of benzene rings is 2. The van der Waals surface area contributed by atoms with Crippen LogP contribution in [0.1, 0.15) is 24.8 Å². The van der Waals surface area contributed by atoms with Crippen molar-refractivity contribution in [2.24, 2.45) is 0 Å². The number of carbonyl (C=O) groups is 2. The molecule has 1 amide bonds. The van der Waals surface area contributed by atoms with E-state index >= 15 is 0 Å². The molecule has 5 heteroatoms. The van der Waals surface area contributed by atoms with Gasteiger partial charge in [0.2, 0.25) is 0 Å². The lowest BCUT2D eigenvalue weighted by atomic mass is 10.0. The zero-order valence-electron chi connectivity index (χ0n) is 15.0. The van der Waals surface area contributed by atoms with Crippen LogP contribution in [0.4, 0.5) is 5.69 Å². The summed E-state index contributed by atoms with van der Waals surface area (Å²) in [4.78, 5) is 27.1. The van der Waals surface area contributed by atoms with Gasteiger partial charge in [-0.05, 0) is 37.0 Å². The molecule has 1 aliphatic rings. The van der Waals surface area contributed by atoms with Crippen LogP contribution >= 0.6 is 0 Å². The standard InChI is InChI=1S/C22H21N3O2/c23-16-19(21(26)22(27)25-14-8-3-9-15-25)20(17-10-4-1-5-11-17)24-18-12-6-2-7-13-18/h1-2,4-7,10-13,24H,3,8-9,14-15H2/b20-19+. The molecule has 0 aliphatic carbocycles. The maximum atomic E-state index is 12.9. The predicted octanol–water partition coefficient (Wildman–Crippen LogP) is 3.61. The van der Waals surface area contributed by atoms with Crippen LogP contribution in [0.5, 0.6) is 0 Å². The Morgan fingerprint density at radius 3 is 2.07 bits per heavy atom. The fourth-order valence-electron chi connectivity index (χ4n) is 3.12. The van der Waals surface area contributed by atoms with Gasteiger partial charge in [-0.15, -0.1) is 0 Å². The number of nitrogens with zero attached hydrogens (tertiary/aromatic N) is 2. The van der Waals surface area contributed by atoms with Crippen LogP contribution in [0.2, 0.25) is 0 Å². The van der Waals surface area contributed by atoms with Crippen LogP contribution < -0.4 is 5.32 Å². The van der Waals surface area contributed by atoms with Gasteiger partial charge in [-0.3, -0.25) is 9.59 Å². The van der Waals surface area contributed by atoms with Crippen molar-refractivity contribution in [1.29, 1.82) is 5.26 Å². The quantitative estimate of drug-likeness (QED) is 0.503. The second-order valence-corrected chi connectivity index (χ2v) is 6.40. The summed E-state index contributed by atoms with van der Waals surface area (Å²) in [6.45, 7) is 1.13. The van der Waals surface area contributed by atoms with E-state index in [-0.39, 0.29) is 5.57 Å². The highest BCUT2D eigenvalue weighted by Crippen LogP contribution is 2.23. The Balaban J connectivity index is 2.00. The number of likely N-dealkylation sites (tertiary alicyclic amines) is 1. The van der Waals surface area contributed by atoms with Gasteiger partial charge in [-0.2, -0.15) is 5.26 Å². The maximum Gasteiger partial charge on any atom is 0.295 e. The Labute approximate surface area is 158 Å². The number of nitrogens with one attached hydrogen (secondary N) is 1. The molecule has 0 radical (unpaired) electrons. The van der Waals surface area contributed by atoms with Gasteiger partial charge >= 0.3 is 0 Å². The second-order valence-electron chi connectivity index (χ2n) is 6.40. The summed E-state index contributed by atoms with van der Waals surface area (Å²) in [6, 6.07) is 20.4. The normalized spacial score (nSPS) is 14.7. The molecule has 1 saturated heterocycles. The van der Waals surface area contributed by atoms with Crippen molar-refractivity contribution in [3.05, 3.63) is 71.8 Å². The van der Waals surface area contributed by atoms with Gasteiger partial charge < -0.3 is 10.2 Å². The highest BCUT2D eigenvalue weighted by atomic mass is 16.2. The van der Waals surface area contributed by atoms with E-state index in [1.54, 1.807) is 17.0 Å². The number of hydrogen-bond acceptors (Lipinski definition) is 4. The Hall–Kier alpha value is -3.39. The average Bonchev–Trinajstić information content (AvgIpc) is 2.75. The molecule has 136 valence electrons. The summed E-state index contributed by atoms with van der Waals surface area (Å²) in [5.74, 6) is -1.36. The summed E-state index contributed by atoms with van der Waals surface area (Å²) in [5, 5.41) is 12.9. The molecule has 2 aromatic carbocycles. The lowest BCUT2D eigenvalue weighted by molar-refractivity contribution is -0.143. The van der Waals surface area contributed by atoms with Gasteiger partial charge in [0.25, 0.3) is 11.7 Å². The molecule has 1 heterocycles. The third-order valence-corrected chi connectivity index (χ3v) is 4.53. The van der Waals surface area contributed by atoms with Crippen molar-refractivity contribution >= 4 is 23.1 Å². The molecule has 0 aromatic heterocycles. The zero-order valence-corrected chi connectivity index (χ0v) is 15.0. The van der Waals surface area contributed by atoms with Gasteiger partial charge in [0, 0.05) is 18.8 Å². The number of para-hydroxylation sites is 1. The minimum atomic E-state index is -0.762. The molecule has 1 fully saturated rings. The molecule has 1 N–H and O–H groups in total. The number of amides is 1. The van der Waals surface area contributed by atoms with E-state index in [9.17, 15) is 14.9 Å². The zero-order chi connectivity index (χ0) is 19.1. The van der Waals surface area contributed by atoms with Gasteiger partial charge in [0.05, 0.1) is 5.70 Å². The van der Waals surface area contributed by atoms with E-state index in [0.29, 0.717) is 24.4 Å². The van der Waals surface area contributed by atoms with E-state index in [1.807, 2.05) is 54.6 Å². The van der Waals surface area contributed by atoms with Crippen LogP contribution in [0.15, 0.2) is 66.2 Å². The van der Waals surface area contributed by atoms with Crippen molar-refractivity contribution in [3.63, 3.8) is 0 Å². The van der Waals surface area contributed by atoms with E-state index < -0.39 is 11.7 Å². The van der Waals surface area contributed by atoms with Gasteiger partial charge in [0.1, 0.15) is 11.6 Å². The maximum absolute atomic E-state index is 12.9. The first-order valence-corrected chi connectivity index (χ1v) is 9.06. The Morgan fingerprint density at radius 2 is 1.48 bits per heavy atom. The van der Waals surface area contributed by atoms with E-state index in [0.717, 1.165) is 24.9 Å². The SMILES string of the molecule is N#C/C(C(=O)C(=O)N1CCCCC1)=C(\Nc1ccccc1)c1ccccc1. The predicted molar refractivity (Wildman–Crippen MR) is 104 cm³/mol. The van der Waals surface area contributed by atoms with Gasteiger partial charge in [-0.25, -0.2) is 0 Å². The third kappa shape index (κ3) is 4.42. The fraction of sp³-hybridized carbons (Fsp3) is 0.227. The number of piperidine rings is 1. The first-order chi connectivity index (χ1) is 13.2. The molecular formula is C22H21N3O2. The molecule has 0 unspecified atom stereocenters. The summed E-state index contributed by atoms with van der Waals surface area (Å²) in [6.07, 6.45) is 2.83. The number of anilines is 1. The molecule has 5 nitrogen and oxygen atoms in total. The lowest BCUT2D eigenvalue weighted by Gasteiger charge is -2.26. The Bertz CT molecular complexity index is 877. The smallest absolute Gasteiger partial charge is 0.295 e. The molecular weight excluding hydrogens is 338 g/mol. The number of ketones is 1. The lowest BCUT2D eigenvalue weighted by Crippen LogP contribution is -2.40. The highest BCUT2D eigenvalue weighted by Gasteiger charge is 2.29. The number of hydrogen-bond donors (Lipinski definition) is 1. The fourth-order valence-corrected chi connectivity index (χ4v) is 3.12. The minimum Gasteiger partial charge on any atom is -0.354 e. The minimum absolute atomic E-state index is 0.166. The second kappa shape index (κ2) is 8.81.